The fraction of sp³-hybridized carbons (Fsp3) is 0.800. The first-order chi connectivity index (χ1) is 4.22. The summed E-state index contributed by atoms with van der Waals surface area (Å²) in [7, 11) is 0. The lowest BCUT2D eigenvalue weighted by Gasteiger charge is -1.93. The van der Waals surface area contributed by atoms with Gasteiger partial charge in [0.2, 0.25) is 5.39 Å². The first-order valence-corrected chi connectivity index (χ1v) is 2.73. The average molecular weight is 129 g/mol. The van der Waals surface area contributed by atoms with Gasteiger partial charge in [0.05, 0.1) is 6.61 Å². The summed E-state index contributed by atoms with van der Waals surface area (Å²) in [5.41, 5.74) is 0. The standard InChI is InChI=1S/C5H9N2O2/c1-3-9-5(8)4(2)7-6/h4H,3H2,1-2H3/q+1/t4-/m1/s1. The Hall–Kier alpha value is -1.11. The molecule has 0 amide bonds. The second-order valence-corrected chi connectivity index (χ2v) is 1.54. The number of ether oxygens (including phenoxy) is 1. The summed E-state index contributed by atoms with van der Waals surface area (Å²) in [5.74, 6) is -0.500. The van der Waals surface area contributed by atoms with Crippen LogP contribution in [0.3, 0.4) is 0 Å². The molecule has 1 atom stereocenters. The van der Waals surface area contributed by atoms with Crippen molar-refractivity contribution in [1.82, 2.24) is 0 Å². The Labute approximate surface area is 53.4 Å². The molecular formula is C5H9N2O2+. The van der Waals surface area contributed by atoms with E-state index in [1.165, 1.54) is 6.92 Å². The third-order valence-electron chi connectivity index (χ3n) is 0.801. The van der Waals surface area contributed by atoms with Gasteiger partial charge in [0, 0.05) is 6.92 Å². The summed E-state index contributed by atoms with van der Waals surface area (Å²) in [6, 6.07) is -0.759. The molecule has 0 aliphatic carbocycles. The molecule has 0 aromatic rings. The van der Waals surface area contributed by atoms with E-state index >= 15 is 0 Å². The number of hydrogen-bond donors (Lipinski definition) is 0. The second kappa shape index (κ2) is 3.84. The molecule has 4 nitrogen and oxygen atoms in total. The van der Waals surface area contributed by atoms with Crippen molar-refractivity contribution in [2.24, 2.45) is 0 Å². The fourth-order valence-electron chi connectivity index (χ4n) is 0.310. The molecule has 9 heavy (non-hydrogen) atoms. The van der Waals surface area contributed by atoms with Gasteiger partial charge < -0.3 is 4.74 Å². The van der Waals surface area contributed by atoms with E-state index in [2.05, 4.69) is 9.71 Å². The van der Waals surface area contributed by atoms with E-state index in [-0.39, 0.29) is 0 Å². The van der Waals surface area contributed by atoms with Crippen LogP contribution in [0.5, 0.6) is 0 Å². The highest BCUT2D eigenvalue weighted by molar-refractivity contribution is 5.76. The SMILES string of the molecule is CCOC(=O)[C@@H](C)[N+]#N. The molecule has 4 heteroatoms. The summed E-state index contributed by atoms with van der Waals surface area (Å²) in [6.07, 6.45) is 0. The topological polar surface area (TPSA) is 54.5 Å². The number of carbonyl (C=O) groups is 1. The molecule has 0 aromatic carbocycles. The van der Waals surface area contributed by atoms with Gasteiger partial charge >= 0.3 is 12.0 Å². The third-order valence-corrected chi connectivity index (χ3v) is 0.801. The van der Waals surface area contributed by atoms with E-state index < -0.39 is 12.0 Å². The Kier molecular flexibility index (Phi) is 3.37. The minimum absolute atomic E-state index is 0.318. The third kappa shape index (κ3) is 2.65. The lowest BCUT2D eigenvalue weighted by Crippen LogP contribution is -2.15. The molecule has 50 valence electrons. The van der Waals surface area contributed by atoms with Crippen LogP contribution in [0.4, 0.5) is 0 Å². The summed E-state index contributed by atoms with van der Waals surface area (Å²) in [4.78, 5) is 13.2. The summed E-state index contributed by atoms with van der Waals surface area (Å²) in [5, 5.41) is 8.06. The minimum Gasteiger partial charge on any atom is -0.460 e. The predicted molar refractivity (Wildman–Crippen MR) is 31.2 cm³/mol. The number of carbonyl (C=O) groups excluding carboxylic acids is 1. The minimum atomic E-state index is -0.759. The number of rotatable bonds is 2. The molecule has 0 aromatic heterocycles. The molecule has 0 spiro atoms. The van der Waals surface area contributed by atoms with Gasteiger partial charge in [-0.2, -0.15) is 0 Å². The molecule has 0 rings (SSSR count). The van der Waals surface area contributed by atoms with Gasteiger partial charge in [-0.1, -0.05) is 0 Å². The van der Waals surface area contributed by atoms with E-state index in [0.29, 0.717) is 6.61 Å². The van der Waals surface area contributed by atoms with Crippen LogP contribution in [0, 0.1) is 5.39 Å². The molecule has 0 radical (unpaired) electrons. The molecule has 0 aliphatic heterocycles. The summed E-state index contributed by atoms with van der Waals surface area (Å²) < 4.78 is 4.50. The smallest absolute Gasteiger partial charge is 0.405 e. The van der Waals surface area contributed by atoms with Crippen molar-refractivity contribution >= 4 is 5.97 Å². The van der Waals surface area contributed by atoms with Crippen LogP contribution in [-0.4, -0.2) is 18.6 Å². The maximum atomic E-state index is 10.5. The fourth-order valence-corrected chi connectivity index (χ4v) is 0.310. The van der Waals surface area contributed by atoms with Crippen LogP contribution in [0.25, 0.3) is 4.98 Å². The average Bonchev–Trinajstić information content (AvgIpc) is 1.87. The number of hydrogen-bond acceptors (Lipinski definition) is 3. The molecule has 0 bridgehead atoms. The van der Waals surface area contributed by atoms with Crippen LogP contribution in [0.1, 0.15) is 13.8 Å². The first kappa shape index (κ1) is 7.89. The maximum absolute atomic E-state index is 10.5. The molecule has 0 unspecified atom stereocenters. The van der Waals surface area contributed by atoms with Gasteiger partial charge in [0.1, 0.15) is 4.98 Å². The van der Waals surface area contributed by atoms with Gasteiger partial charge in [-0.25, -0.2) is 4.79 Å². The van der Waals surface area contributed by atoms with E-state index in [0.717, 1.165) is 0 Å². The van der Waals surface area contributed by atoms with Crippen molar-refractivity contribution in [3.05, 3.63) is 4.98 Å². The molecule has 0 saturated heterocycles. The van der Waals surface area contributed by atoms with E-state index in [9.17, 15) is 4.79 Å². The number of diazo groups is 1. The van der Waals surface area contributed by atoms with Crippen molar-refractivity contribution in [3.8, 4) is 0 Å². The molecular weight excluding hydrogens is 120 g/mol. The molecule has 0 heterocycles. The van der Waals surface area contributed by atoms with Crippen molar-refractivity contribution in [1.29, 1.82) is 5.39 Å². The monoisotopic (exact) mass is 129 g/mol. The van der Waals surface area contributed by atoms with Gasteiger partial charge in [-0.15, -0.1) is 0 Å². The largest absolute Gasteiger partial charge is 0.460 e. The summed E-state index contributed by atoms with van der Waals surface area (Å²) in [6.45, 7) is 3.47. The van der Waals surface area contributed by atoms with E-state index in [4.69, 9.17) is 5.39 Å². The quantitative estimate of drug-likeness (QED) is 0.409. The predicted octanol–water partition coefficient (Wildman–Crippen LogP) is 0.791. The number of esters is 1. The van der Waals surface area contributed by atoms with E-state index in [1.54, 1.807) is 6.92 Å². The van der Waals surface area contributed by atoms with Crippen LogP contribution >= 0.6 is 0 Å². The maximum Gasteiger partial charge on any atom is 0.405 e. The molecule has 0 saturated carbocycles. The number of nitrogens with zero attached hydrogens (tertiary/aromatic N) is 2. The van der Waals surface area contributed by atoms with Crippen LogP contribution in [0.2, 0.25) is 0 Å². The lowest BCUT2D eigenvalue weighted by atomic mass is 10.4. The zero-order chi connectivity index (χ0) is 7.28. The van der Waals surface area contributed by atoms with Crippen molar-refractivity contribution in [2.75, 3.05) is 6.61 Å². The zero-order valence-corrected chi connectivity index (χ0v) is 5.50. The van der Waals surface area contributed by atoms with Crippen LogP contribution in [0.15, 0.2) is 0 Å². The Morgan fingerprint density at radius 1 is 1.89 bits per heavy atom. The zero-order valence-electron chi connectivity index (χ0n) is 5.50. The van der Waals surface area contributed by atoms with E-state index in [1.807, 2.05) is 0 Å². The highest BCUT2D eigenvalue weighted by Crippen LogP contribution is 1.91. The highest BCUT2D eigenvalue weighted by Gasteiger charge is 2.24. The van der Waals surface area contributed by atoms with Gasteiger partial charge in [0.25, 0.3) is 0 Å². The van der Waals surface area contributed by atoms with Gasteiger partial charge in [-0.05, 0) is 6.92 Å². The van der Waals surface area contributed by atoms with Crippen LogP contribution in [-0.2, 0) is 9.53 Å². The normalized spacial score (nSPS) is 11.7. The van der Waals surface area contributed by atoms with Gasteiger partial charge in [0.15, 0.2) is 0 Å². The molecule has 0 fully saturated rings. The highest BCUT2D eigenvalue weighted by atomic mass is 16.5. The summed E-state index contributed by atoms with van der Waals surface area (Å²) >= 11 is 0. The Morgan fingerprint density at radius 2 is 2.44 bits per heavy atom. The lowest BCUT2D eigenvalue weighted by molar-refractivity contribution is -0.143. The molecule has 0 N–H and O–H groups in total. The van der Waals surface area contributed by atoms with Crippen molar-refractivity contribution in [2.45, 2.75) is 19.9 Å². The van der Waals surface area contributed by atoms with Crippen molar-refractivity contribution < 1.29 is 9.53 Å². The first-order valence-electron chi connectivity index (χ1n) is 2.73. The Balaban J connectivity index is 3.63. The Morgan fingerprint density at radius 3 is 2.78 bits per heavy atom. The van der Waals surface area contributed by atoms with Gasteiger partial charge in [-0.3, -0.25) is 0 Å². The van der Waals surface area contributed by atoms with Crippen molar-refractivity contribution in [3.63, 3.8) is 0 Å². The Bertz CT molecular complexity index is 138. The molecule has 0 aliphatic rings. The second-order valence-electron chi connectivity index (χ2n) is 1.54. The van der Waals surface area contributed by atoms with Crippen LogP contribution < -0.4 is 0 Å².